The highest BCUT2D eigenvalue weighted by Crippen LogP contribution is 2.14. The first-order valence-corrected chi connectivity index (χ1v) is 14.1. The lowest BCUT2D eigenvalue weighted by Crippen LogP contribution is -2.58. The summed E-state index contributed by atoms with van der Waals surface area (Å²) in [5.74, 6) is -1.79. The number of aliphatic hydroxyl groups excluding tert-OH is 1. The van der Waals surface area contributed by atoms with Gasteiger partial charge in [0.25, 0.3) is 0 Å². The second kappa shape index (κ2) is 14.9. The molecule has 0 aliphatic carbocycles. The van der Waals surface area contributed by atoms with Crippen LogP contribution >= 0.6 is 22.6 Å². The van der Waals surface area contributed by atoms with E-state index in [-0.39, 0.29) is 43.9 Å². The molecule has 2 amide bonds. The molecule has 0 bridgehead atoms. The Kier molecular flexibility index (Phi) is 11.9. The Labute approximate surface area is 237 Å². The molecule has 2 aromatic rings. The fourth-order valence-electron chi connectivity index (χ4n) is 4.73. The molecule has 3 rings (SSSR count). The summed E-state index contributed by atoms with van der Waals surface area (Å²) in [7, 11) is 0. The molecular weight excluding hydrogens is 605 g/mol. The first-order chi connectivity index (χ1) is 18.1. The van der Waals surface area contributed by atoms with Crippen molar-refractivity contribution in [3.05, 3.63) is 68.8 Å². The van der Waals surface area contributed by atoms with Gasteiger partial charge in [-0.15, -0.1) is 0 Å². The molecule has 38 heavy (non-hydrogen) atoms. The summed E-state index contributed by atoms with van der Waals surface area (Å²) in [4.78, 5) is 29.3. The quantitative estimate of drug-likeness (QED) is 0.293. The van der Waals surface area contributed by atoms with Gasteiger partial charge >= 0.3 is 0 Å². The lowest BCUT2D eigenvalue weighted by Gasteiger charge is -2.39. The normalized spacial score (nSPS) is 17.9. The van der Waals surface area contributed by atoms with Crippen molar-refractivity contribution in [2.24, 2.45) is 0 Å². The summed E-state index contributed by atoms with van der Waals surface area (Å²) in [6.07, 6.45) is 0.974. The highest BCUT2D eigenvalue weighted by atomic mass is 127. The highest BCUT2D eigenvalue weighted by molar-refractivity contribution is 14.1. The number of carbonyl (C=O) groups is 2. The number of unbranched alkanes of at least 4 members (excludes halogenated alkanes) is 1. The van der Waals surface area contributed by atoms with Crippen LogP contribution in [-0.2, 0) is 22.6 Å². The Bertz CT molecular complexity index is 1070. The van der Waals surface area contributed by atoms with Gasteiger partial charge in [-0.2, -0.15) is 0 Å². The van der Waals surface area contributed by atoms with Crippen LogP contribution in [0.15, 0.2) is 42.5 Å². The second-order valence-electron chi connectivity index (χ2n) is 9.94. The lowest BCUT2D eigenvalue weighted by atomic mass is 10.0. The van der Waals surface area contributed by atoms with Crippen molar-refractivity contribution in [2.45, 2.75) is 57.8 Å². The summed E-state index contributed by atoms with van der Waals surface area (Å²) in [5, 5.41) is 17.0. The number of piperazine rings is 1. The molecule has 1 fully saturated rings. The monoisotopic (exact) mass is 642 g/mol. The van der Waals surface area contributed by atoms with Crippen LogP contribution in [0.5, 0.6) is 0 Å². The number of hydrogen-bond acceptors (Lipinski definition) is 5. The van der Waals surface area contributed by atoms with Crippen molar-refractivity contribution in [3.8, 4) is 0 Å². The van der Waals surface area contributed by atoms with Crippen molar-refractivity contribution in [3.63, 3.8) is 0 Å². The number of carbonyl (C=O) groups excluding carboxylic acids is 2. The molecule has 7 nitrogen and oxygen atoms in total. The fourth-order valence-corrected chi connectivity index (χ4v) is 5.34. The number of halogens is 3. The standard InChI is InChI=1S/C28H37F2IN4O3/c1-3-4-8-35-19(2)16-34(18-28(35)38)17-27(37)33-25(12-21-9-22(29)13-23(30)10-21)26(36)15-32-14-20-6-5-7-24(31)11-20/h5-7,9-11,13,19,25-26,32,36H,3-4,8,12,14-18H2,1-2H3,(H,33,37)/t19-,25+,26+/m1/s1. The van der Waals surface area contributed by atoms with E-state index >= 15 is 0 Å². The molecule has 0 spiro atoms. The number of aliphatic hydroxyl groups is 1. The van der Waals surface area contributed by atoms with Gasteiger partial charge < -0.3 is 20.6 Å². The minimum atomic E-state index is -1.01. The van der Waals surface area contributed by atoms with Crippen LogP contribution in [0.2, 0.25) is 0 Å². The van der Waals surface area contributed by atoms with Crippen molar-refractivity contribution in [2.75, 3.05) is 32.7 Å². The average Bonchev–Trinajstić information content (AvgIpc) is 2.82. The van der Waals surface area contributed by atoms with Gasteiger partial charge in [-0.05, 0) is 77.7 Å². The van der Waals surface area contributed by atoms with E-state index in [0.29, 0.717) is 25.2 Å². The molecule has 1 aliphatic rings. The Balaban J connectivity index is 1.62. The molecule has 3 N–H and O–H groups in total. The number of rotatable bonds is 13. The molecule has 0 radical (unpaired) electrons. The first-order valence-electron chi connectivity index (χ1n) is 13.0. The summed E-state index contributed by atoms with van der Waals surface area (Å²) in [5.41, 5.74) is 1.38. The van der Waals surface area contributed by atoms with E-state index < -0.39 is 23.8 Å². The van der Waals surface area contributed by atoms with Crippen LogP contribution in [0.3, 0.4) is 0 Å². The second-order valence-corrected chi connectivity index (χ2v) is 11.2. The van der Waals surface area contributed by atoms with Gasteiger partial charge in [-0.1, -0.05) is 25.5 Å². The van der Waals surface area contributed by atoms with Gasteiger partial charge in [-0.25, -0.2) is 8.78 Å². The van der Waals surface area contributed by atoms with Gasteiger partial charge in [-0.3, -0.25) is 14.5 Å². The zero-order valence-corrected chi connectivity index (χ0v) is 24.1. The summed E-state index contributed by atoms with van der Waals surface area (Å²) in [6.45, 7) is 6.17. The van der Waals surface area contributed by atoms with Crippen LogP contribution in [0.1, 0.15) is 37.8 Å². The molecule has 0 unspecified atom stereocenters. The lowest BCUT2D eigenvalue weighted by molar-refractivity contribution is -0.140. The van der Waals surface area contributed by atoms with Gasteiger partial charge in [0.2, 0.25) is 11.8 Å². The highest BCUT2D eigenvalue weighted by Gasteiger charge is 2.31. The SMILES string of the molecule is CCCCN1C(=O)CN(CC(=O)N[C@@H](Cc2cc(F)cc(F)c2)[C@@H](O)CNCc2cccc(I)c2)C[C@H]1C. The third kappa shape index (κ3) is 9.55. The molecule has 2 aromatic carbocycles. The molecule has 3 atom stereocenters. The van der Waals surface area contributed by atoms with Crippen molar-refractivity contribution >= 4 is 34.4 Å². The predicted molar refractivity (Wildman–Crippen MR) is 151 cm³/mol. The van der Waals surface area contributed by atoms with E-state index in [0.717, 1.165) is 28.0 Å². The predicted octanol–water partition coefficient (Wildman–Crippen LogP) is 3.08. The maximum absolute atomic E-state index is 13.8. The number of amides is 2. The van der Waals surface area contributed by atoms with Crippen molar-refractivity contribution < 1.29 is 23.5 Å². The van der Waals surface area contributed by atoms with Crippen LogP contribution in [0.25, 0.3) is 0 Å². The van der Waals surface area contributed by atoms with E-state index in [9.17, 15) is 23.5 Å². The summed E-state index contributed by atoms with van der Waals surface area (Å²) >= 11 is 2.23. The number of nitrogens with zero attached hydrogens (tertiary/aromatic N) is 2. The van der Waals surface area contributed by atoms with Crippen LogP contribution in [0.4, 0.5) is 8.78 Å². The maximum Gasteiger partial charge on any atom is 0.237 e. The number of hydrogen-bond donors (Lipinski definition) is 3. The molecule has 1 heterocycles. The van der Waals surface area contributed by atoms with E-state index in [1.165, 1.54) is 12.1 Å². The van der Waals surface area contributed by atoms with Crippen molar-refractivity contribution in [1.82, 2.24) is 20.4 Å². The zero-order chi connectivity index (χ0) is 27.7. The molecule has 208 valence electrons. The molecule has 1 aliphatic heterocycles. The van der Waals surface area contributed by atoms with E-state index in [2.05, 4.69) is 40.1 Å². The third-order valence-electron chi connectivity index (χ3n) is 6.61. The largest absolute Gasteiger partial charge is 0.390 e. The minimum Gasteiger partial charge on any atom is -0.390 e. The minimum absolute atomic E-state index is 0.00231. The summed E-state index contributed by atoms with van der Waals surface area (Å²) < 4.78 is 28.7. The van der Waals surface area contributed by atoms with E-state index in [1.807, 2.05) is 36.1 Å². The third-order valence-corrected chi connectivity index (χ3v) is 7.28. The Morgan fingerprint density at radius 1 is 1.18 bits per heavy atom. The van der Waals surface area contributed by atoms with Crippen molar-refractivity contribution in [1.29, 1.82) is 0 Å². The Morgan fingerprint density at radius 2 is 1.92 bits per heavy atom. The zero-order valence-electron chi connectivity index (χ0n) is 21.9. The van der Waals surface area contributed by atoms with Crippen LogP contribution in [0, 0.1) is 15.2 Å². The Morgan fingerprint density at radius 3 is 2.58 bits per heavy atom. The molecular formula is C28H37F2IN4O3. The van der Waals surface area contributed by atoms with Crippen LogP contribution in [-0.4, -0.2) is 77.6 Å². The molecule has 0 saturated carbocycles. The average molecular weight is 643 g/mol. The van der Waals surface area contributed by atoms with E-state index in [4.69, 9.17) is 0 Å². The van der Waals surface area contributed by atoms with Gasteiger partial charge in [0.15, 0.2) is 0 Å². The number of benzene rings is 2. The summed E-state index contributed by atoms with van der Waals surface area (Å²) in [6, 6.07) is 10.3. The first kappa shape index (κ1) is 30.4. The molecule has 0 aromatic heterocycles. The fraction of sp³-hybridized carbons (Fsp3) is 0.500. The topological polar surface area (TPSA) is 84.9 Å². The van der Waals surface area contributed by atoms with E-state index in [1.54, 1.807) is 4.90 Å². The Hall–Kier alpha value is -2.15. The smallest absolute Gasteiger partial charge is 0.237 e. The number of nitrogens with one attached hydrogen (secondary N) is 2. The van der Waals surface area contributed by atoms with Gasteiger partial charge in [0.05, 0.1) is 25.2 Å². The van der Waals surface area contributed by atoms with Crippen LogP contribution < -0.4 is 10.6 Å². The van der Waals surface area contributed by atoms with Gasteiger partial charge in [0, 0.05) is 41.9 Å². The maximum atomic E-state index is 13.8. The van der Waals surface area contributed by atoms with Gasteiger partial charge in [0.1, 0.15) is 11.6 Å². The molecule has 1 saturated heterocycles. The molecule has 10 heteroatoms.